The topological polar surface area (TPSA) is 172 Å². The number of hydrogen-bond acceptors (Lipinski definition) is 12. The fourth-order valence-electron chi connectivity index (χ4n) is 9.68. The highest BCUT2D eigenvalue weighted by molar-refractivity contribution is 6.31. The van der Waals surface area contributed by atoms with E-state index in [1.54, 1.807) is 36.4 Å². The number of halogens is 1. The van der Waals surface area contributed by atoms with Gasteiger partial charge in [0.25, 0.3) is 17.7 Å². The molecule has 4 saturated heterocycles. The van der Waals surface area contributed by atoms with Gasteiger partial charge < -0.3 is 19.4 Å². The Kier molecular flexibility index (Phi) is 10.2. The molecule has 3 aromatic rings. The molecule has 6 heterocycles. The van der Waals surface area contributed by atoms with Crippen LogP contribution in [0.3, 0.4) is 0 Å². The van der Waals surface area contributed by atoms with Crippen LogP contribution < -0.4 is 19.9 Å². The maximum Gasteiger partial charge on any atom is 0.274 e. The summed E-state index contributed by atoms with van der Waals surface area (Å²) in [5.74, 6) is 0.672. The van der Waals surface area contributed by atoms with Crippen molar-refractivity contribution in [3.63, 3.8) is 0 Å². The number of likely N-dealkylation sites (tertiary alicyclic amines) is 1. The van der Waals surface area contributed by atoms with Crippen molar-refractivity contribution in [1.82, 2.24) is 30.2 Å². The molecule has 4 atom stereocenters. The number of ether oxygens (including phenoxy) is 1. The van der Waals surface area contributed by atoms with Crippen LogP contribution in [-0.4, -0.2) is 125 Å². The van der Waals surface area contributed by atoms with Gasteiger partial charge in [0.15, 0.2) is 11.5 Å². The first-order chi connectivity index (χ1) is 28.1. The molecule has 1 saturated carbocycles. The molecule has 1 N–H and O–H groups in total. The fraction of sp³-hybridized carbons (Fsp3) is 0.476. The van der Waals surface area contributed by atoms with Gasteiger partial charge in [0.2, 0.25) is 11.8 Å². The Hall–Kier alpha value is -5.59. The van der Waals surface area contributed by atoms with Crippen LogP contribution in [0.2, 0.25) is 5.02 Å². The van der Waals surface area contributed by atoms with Crippen molar-refractivity contribution < 1.29 is 28.7 Å². The number of aromatic nitrogens is 2. The number of nitrogens with zero attached hydrogens (tertiary/aromatic N) is 8. The van der Waals surface area contributed by atoms with Crippen LogP contribution in [0.4, 0.5) is 11.5 Å². The molecule has 5 amide bonds. The minimum absolute atomic E-state index is 0.0545. The number of rotatable bonds is 8. The van der Waals surface area contributed by atoms with Crippen molar-refractivity contribution in [2.75, 3.05) is 68.7 Å². The van der Waals surface area contributed by atoms with Gasteiger partial charge in [0.1, 0.15) is 17.9 Å². The van der Waals surface area contributed by atoms with Crippen molar-refractivity contribution in [3.8, 4) is 11.8 Å². The number of nitrogens with one attached hydrogen (secondary N) is 1. The Balaban J connectivity index is 0.709. The van der Waals surface area contributed by atoms with Crippen LogP contribution >= 0.6 is 11.6 Å². The molecule has 3 unspecified atom stereocenters. The number of anilines is 2. The highest BCUT2D eigenvalue weighted by Gasteiger charge is 2.46. The van der Waals surface area contributed by atoms with Crippen LogP contribution in [0.5, 0.6) is 5.75 Å². The average molecular weight is 806 g/mol. The third-order valence-corrected chi connectivity index (χ3v) is 13.2. The number of hydrogen-bond donors (Lipinski definition) is 1. The molecule has 0 spiro atoms. The van der Waals surface area contributed by atoms with Crippen LogP contribution in [-0.2, 0) is 9.59 Å². The Bertz CT molecular complexity index is 2180. The van der Waals surface area contributed by atoms with Crippen LogP contribution in [0, 0.1) is 29.1 Å². The molecule has 9 rings (SSSR count). The van der Waals surface area contributed by atoms with Gasteiger partial charge in [-0.05, 0) is 92.3 Å². The van der Waals surface area contributed by atoms with Crippen molar-refractivity contribution >= 4 is 52.6 Å². The van der Waals surface area contributed by atoms with Crippen molar-refractivity contribution in [2.24, 2.45) is 17.8 Å². The van der Waals surface area contributed by atoms with E-state index in [9.17, 15) is 24.0 Å². The zero-order chi connectivity index (χ0) is 40.1. The van der Waals surface area contributed by atoms with Crippen LogP contribution in [0.15, 0.2) is 48.5 Å². The lowest BCUT2D eigenvalue weighted by Crippen LogP contribution is -2.54. The number of amides is 5. The SMILES string of the molecule is N#Cc1ccc(OC2CC3CN(C(=O)c4ccc(N5CCC(CN6CCN(c7ccc8c(c7)C(=O)N(C7CCC(=O)NC7=O)C8=O)CC6)CC5)nn4)C[C@H]3C2)cc1Cl. The zero-order valence-corrected chi connectivity index (χ0v) is 32.8. The first-order valence-electron chi connectivity index (χ1n) is 20.2. The Morgan fingerprint density at radius 3 is 2.26 bits per heavy atom. The van der Waals surface area contributed by atoms with E-state index in [-0.39, 0.29) is 24.9 Å². The maximum absolute atomic E-state index is 13.4. The second kappa shape index (κ2) is 15.6. The van der Waals surface area contributed by atoms with Gasteiger partial charge in [-0.25, -0.2) is 0 Å². The zero-order valence-electron chi connectivity index (χ0n) is 32.0. The second-order valence-corrected chi connectivity index (χ2v) is 16.8. The van der Waals surface area contributed by atoms with Crippen LogP contribution in [0.25, 0.3) is 0 Å². The quantitative estimate of drug-likeness (QED) is 0.330. The summed E-state index contributed by atoms with van der Waals surface area (Å²) in [6, 6.07) is 15.3. The van der Waals surface area contributed by atoms with E-state index >= 15 is 0 Å². The molecule has 16 heteroatoms. The first-order valence-corrected chi connectivity index (χ1v) is 20.6. The molecule has 5 fully saturated rings. The molecule has 6 aliphatic rings. The molecular formula is C42H44ClN9O6. The summed E-state index contributed by atoms with van der Waals surface area (Å²) >= 11 is 6.18. The van der Waals surface area contributed by atoms with E-state index in [0.717, 1.165) is 87.9 Å². The molecule has 5 aliphatic heterocycles. The molecule has 300 valence electrons. The minimum Gasteiger partial charge on any atom is -0.490 e. The molecule has 1 aliphatic carbocycles. The summed E-state index contributed by atoms with van der Waals surface area (Å²) in [7, 11) is 0. The van der Waals surface area contributed by atoms with Crippen molar-refractivity contribution in [1.29, 1.82) is 5.26 Å². The van der Waals surface area contributed by atoms with Crippen molar-refractivity contribution in [3.05, 3.63) is 75.9 Å². The third kappa shape index (κ3) is 7.35. The van der Waals surface area contributed by atoms with Gasteiger partial charge in [0.05, 0.1) is 27.8 Å². The van der Waals surface area contributed by atoms with E-state index < -0.39 is 29.7 Å². The predicted molar refractivity (Wildman–Crippen MR) is 211 cm³/mol. The second-order valence-electron chi connectivity index (χ2n) is 16.4. The van der Waals surface area contributed by atoms with Gasteiger partial charge in [0, 0.05) is 77.1 Å². The number of imide groups is 2. The predicted octanol–water partition coefficient (Wildman–Crippen LogP) is 3.37. The molecule has 0 radical (unpaired) electrons. The molecule has 1 aromatic heterocycles. The smallest absolute Gasteiger partial charge is 0.274 e. The number of piperazine rings is 1. The van der Waals surface area contributed by atoms with E-state index in [0.29, 0.717) is 64.0 Å². The van der Waals surface area contributed by atoms with E-state index in [1.807, 2.05) is 17.0 Å². The van der Waals surface area contributed by atoms with Gasteiger partial charge in [-0.15, -0.1) is 10.2 Å². The number of fused-ring (bicyclic) bond motifs is 2. The number of nitriles is 1. The number of benzene rings is 2. The molecule has 15 nitrogen and oxygen atoms in total. The van der Waals surface area contributed by atoms with Crippen molar-refractivity contribution in [2.45, 2.75) is 50.7 Å². The highest BCUT2D eigenvalue weighted by Crippen LogP contribution is 2.41. The minimum atomic E-state index is -0.976. The summed E-state index contributed by atoms with van der Waals surface area (Å²) in [6.45, 7) is 7.45. The lowest BCUT2D eigenvalue weighted by atomic mass is 9.96. The molecule has 0 bridgehead atoms. The summed E-state index contributed by atoms with van der Waals surface area (Å²) < 4.78 is 6.18. The summed E-state index contributed by atoms with van der Waals surface area (Å²) in [5.41, 5.74) is 2.26. The molecule has 58 heavy (non-hydrogen) atoms. The van der Waals surface area contributed by atoms with Gasteiger partial charge in [-0.3, -0.25) is 39.1 Å². The van der Waals surface area contributed by atoms with E-state index in [4.69, 9.17) is 21.6 Å². The maximum atomic E-state index is 13.4. The molecule has 2 aromatic carbocycles. The van der Waals surface area contributed by atoms with E-state index in [1.165, 1.54) is 0 Å². The lowest BCUT2D eigenvalue weighted by molar-refractivity contribution is -0.136. The summed E-state index contributed by atoms with van der Waals surface area (Å²) in [6.07, 6.45) is 4.07. The van der Waals surface area contributed by atoms with Crippen LogP contribution in [0.1, 0.15) is 75.3 Å². The lowest BCUT2D eigenvalue weighted by Gasteiger charge is -2.39. The van der Waals surface area contributed by atoms with E-state index in [2.05, 4.69) is 36.3 Å². The standard InChI is InChI=1S/C42H44ClN9O6/c43-34-20-30(3-1-26(34)21-44)58-31-17-27-23-51(24-28(27)18-31)42(57)35-5-7-37(47-46-35)50-11-9-25(10-12-50)22-48-13-15-49(16-14-48)29-2-4-32-33(19-29)41(56)52(40(32)55)36-6-8-38(53)45-39(36)54/h1-5,7,19-20,25,27-28,31,36H,6,8-18,22-24H2,(H,45,53,54)/t27-,28?,31?,36?/m1/s1. The monoisotopic (exact) mass is 805 g/mol. The fourth-order valence-corrected chi connectivity index (χ4v) is 9.90. The number of carbonyl (C=O) groups is 5. The Labute approximate surface area is 340 Å². The summed E-state index contributed by atoms with van der Waals surface area (Å²) in [5, 5.41) is 20.6. The van der Waals surface area contributed by atoms with Gasteiger partial charge >= 0.3 is 0 Å². The van der Waals surface area contributed by atoms with Gasteiger partial charge in [-0.2, -0.15) is 5.26 Å². The Morgan fingerprint density at radius 1 is 0.845 bits per heavy atom. The normalized spacial score (nSPS) is 25.2. The van der Waals surface area contributed by atoms with Gasteiger partial charge in [-0.1, -0.05) is 11.6 Å². The average Bonchev–Trinajstić information content (AvgIpc) is 3.88. The summed E-state index contributed by atoms with van der Waals surface area (Å²) in [4.78, 5) is 73.8. The number of carbonyl (C=O) groups excluding carboxylic acids is 5. The highest BCUT2D eigenvalue weighted by atomic mass is 35.5. The molecular weight excluding hydrogens is 762 g/mol. The third-order valence-electron chi connectivity index (χ3n) is 12.8. The Morgan fingerprint density at radius 2 is 1.59 bits per heavy atom. The first kappa shape index (κ1) is 38.0. The number of piperidine rings is 2. The largest absolute Gasteiger partial charge is 0.490 e.